The van der Waals surface area contributed by atoms with E-state index in [1.807, 2.05) is 45.0 Å². The molecule has 0 amide bonds. The predicted molar refractivity (Wildman–Crippen MR) is 78.1 cm³/mol. The highest BCUT2D eigenvalue weighted by atomic mass is 79.9. The van der Waals surface area contributed by atoms with Crippen LogP contribution in [0.1, 0.15) is 32.4 Å². The second-order valence-electron chi connectivity index (χ2n) is 4.66. The summed E-state index contributed by atoms with van der Waals surface area (Å²) >= 11 is 3.44. The Hall–Kier alpha value is -1.29. The largest absolute Gasteiger partial charge is 0.466 e. The Balaban J connectivity index is 2.25. The Kier molecular flexibility index (Phi) is 4.30. The number of furan rings is 1. The lowest BCUT2D eigenvalue weighted by Gasteiger charge is -2.15. The molecule has 0 fully saturated rings. The van der Waals surface area contributed by atoms with Gasteiger partial charge in [-0.15, -0.1) is 0 Å². The molecule has 1 aromatic carbocycles. The molecule has 3 nitrogen and oxygen atoms in total. The molecule has 0 spiro atoms. The fourth-order valence-corrected chi connectivity index (χ4v) is 2.36. The predicted octanol–water partition coefficient (Wildman–Crippen LogP) is 4.50. The van der Waals surface area contributed by atoms with Crippen molar-refractivity contribution < 1.29 is 13.9 Å². The molecule has 102 valence electrons. The first-order valence-corrected chi connectivity index (χ1v) is 7.18. The van der Waals surface area contributed by atoms with Gasteiger partial charge in [-0.05, 0) is 31.2 Å². The van der Waals surface area contributed by atoms with Crippen molar-refractivity contribution in [2.24, 2.45) is 5.92 Å². The van der Waals surface area contributed by atoms with Crippen LogP contribution >= 0.6 is 15.9 Å². The Morgan fingerprint density at radius 2 is 2.11 bits per heavy atom. The van der Waals surface area contributed by atoms with Gasteiger partial charge < -0.3 is 9.15 Å². The zero-order valence-corrected chi connectivity index (χ0v) is 12.9. The topological polar surface area (TPSA) is 39.4 Å². The van der Waals surface area contributed by atoms with Gasteiger partial charge in [-0.1, -0.05) is 29.8 Å². The molecule has 0 N–H and O–H groups in total. The molecular weight excluding hydrogens is 308 g/mol. The molecule has 0 saturated carbocycles. The lowest BCUT2D eigenvalue weighted by Crippen LogP contribution is -2.19. The van der Waals surface area contributed by atoms with Crippen molar-refractivity contribution >= 4 is 32.9 Å². The van der Waals surface area contributed by atoms with Gasteiger partial charge in [0.1, 0.15) is 11.3 Å². The van der Waals surface area contributed by atoms with Crippen LogP contribution < -0.4 is 0 Å². The molecular formula is C15H17BrO3. The van der Waals surface area contributed by atoms with E-state index in [1.54, 1.807) is 0 Å². The van der Waals surface area contributed by atoms with Gasteiger partial charge in [0.2, 0.25) is 0 Å². The molecule has 4 heteroatoms. The van der Waals surface area contributed by atoms with Crippen molar-refractivity contribution in [1.29, 1.82) is 0 Å². The number of hydrogen-bond acceptors (Lipinski definition) is 3. The van der Waals surface area contributed by atoms with Gasteiger partial charge in [0, 0.05) is 15.8 Å². The summed E-state index contributed by atoms with van der Waals surface area (Å²) in [6, 6.07) is 7.85. The van der Waals surface area contributed by atoms with Crippen LogP contribution in [0, 0.1) is 5.92 Å². The minimum Gasteiger partial charge on any atom is -0.466 e. The maximum atomic E-state index is 11.8. The van der Waals surface area contributed by atoms with E-state index in [2.05, 4.69) is 15.9 Å². The average molecular weight is 325 g/mol. The second-order valence-corrected chi connectivity index (χ2v) is 5.58. The van der Waals surface area contributed by atoms with Crippen LogP contribution in [0.25, 0.3) is 11.0 Å². The first-order valence-electron chi connectivity index (χ1n) is 6.38. The summed E-state index contributed by atoms with van der Waals surface area (Å²) in [5.74, 6) is 0.402. The first-order chi connectivity index (χ1) is 9.02. The van der Waals surface area contributed by atoms with Gasteiger partial charge in [-0.25, -0.2) is 0 Å². The van der Waals surface area contributed by atoms with Crippen LogP contribution in [0.3, 0.4) is 0 Å². The number of esters is 1. The van der Waals surface area contributed by atoms with E-state index in [9.17, 15) is 4.79 Å². The van der Waals surface area contributed by atoms with Crippen LogP contribution in [0.4, 0.5) is 0 Å². The Labute approximate surface area is 121 Å². The Morgan fingerprint density at radius 1 is 1.37 bits per heavy atom. The van der Waals surface area contributed by atoms with Crippen LogP contribution in [-0.2, 0) is 9.53 Å². The minimum atomic E-state index is -0.219. The molecule has 0 saturated heterocycles. The molecule has 0 bridgehead atoms. The maximum absolute atomic E-state index is 11.8. The molecule has 2 aromatic rings. The highest BCUT2D eigenvalue weighted by Crippen LogP contribution is 2.31. The number of halogens is 1. The molecule has 1 aromatic heterocycles. The average Bonchev–Trinajstić information content (AvgIpc) is 2.80. The quantitative estimate of drug-likeness (QED) is 0.777. The van der Waals surface area contributed by atoms with Crippen molar-refractivity contribution in [3.63, 3.8) is 0 Å². The van der Waals surface area contributed by atoms with Crippen molar-refractivity contribution in [3.8, 4) is 0 Å². The summed E-state index contributed by atoms with van der Waals surface area (Å²) in [4.78, 5) is 11.8. The monoisotopic (exact) mass is 324 g/mol. The zero-order chi connectivity index (χ0) is 14.0. The highest BCUT2D eigenvalue weighted by Gasteiger charge is 2.25. The smallest absolute Gasteiger partial charge is 0.309 e. The number of ether oxygens (including phenoxy) is 1. The fourth-order valence-electron chi connectivity index (χ4n) is 1.98. The van der Waals surface area contributed by atoms with Crippen LogP contribution in [0.2, 0.25) is 0 Å². The van der Waals surface area contributed by atoms with E-state index < -0.39 is 0 Å². The Morgan fingerprint density at radius 3 is 2.79 bits per heavy atom. The highest BCUT2D eigenvalue weighted by molar-refractivity contribution is 9.10. The maximum Gasteiger partial charge on any atom is 0.309 e. The van der Waals surface area contributed by atoms with E-state index in [4.69, 9.17) is 9.15 Å². The van der Waals surface area contributed by atoms with Crippen LogP contribution in [0.15, 0.2) is 33.2 Å². The fraction of sp³-hybridized carbons (Fsp3) is 0.400. The summed E-state index contributed by atoms with van der Waals surface area (Å²) in [5.41, 5.74) is 0.834. The van der Waals surface area contributed by atoms with E-state index >= 15 is 0 Å². The molecule has 0 radical (unpaired) electrons. The first kappa shape index (κ1) is 14.1. The number of carbonyl (C=O) groups excluding carboxylic acids is 1. The number of hydrogen-bond donors (Lipinski definition) is 0. The van der Waals surface area contributed by atoms with E-state index in [-0.39, 0.29) is 17.8 Å². The van der Waals surface area contributed by atoms with Crippen molar-refractivity contribution in [1.82, 2.24) is 0 Å². The van der Waals surface area contributed by atoms with Crippen LogP contribution in [0.5, 0.6) is 0 Å². The number of rotatable bonds is 4. The minimum absolute atomic E-state index is 0.00905. The third-order valence-electron chi connectivity index (χ3n) is 3.35. The molecule has 0 aliphatic heterocycles. The summed E-state index contributed by atoms with van der Waals surface area (Å²) in [7, 11) is 0. The van der Waals surface area contributed by atoms with Crippen molar-refractivity contribution in [3.05, 3.63) is 34.5 Å². The lowest BCUT2D eigenvalue weighted by atomic mass is 9.93. The third kappa shape index (κ3) is 3.00. The molecule has 0 unspecified atom stereocenters. The van der Waals surface area contributed by atoms with E-state index in [0.717, 1.165) is 21.2 Å². The summed E-state index contributed by atoms with van der Waals surface area (Å²) in [6.45, 7) is 6.07. The van der Waals surface area contributed by atoms with Crippen LogP contribution in [-0.4, -0.2) is 12.6 Å². The van der Waals surface area contributed by atoms with Gasteiger partial charge >= 0.3 is 5.97 Å². The normalized spacial score (nSPS) is 14.3. The van der Waals surface area contributed by atoms with Gasteiger partial charge in [0.05, 0.1) is 12.5 Å². The summed E-state index contributed by atoms with van der Waals surface area (Å²) in [5, 5.41) is 1.03. The summed E-state index contributed by atoms with van der Waals surface area (Å²) in [6.07, 6.45) is 0. The molecule has 1 heterocycles. The van der Waals surface area contributed by atoms with Crippen molar-refractivity contribution in [2.75, 3.05) is 6.61 Å². The molecule has 2 atom stereocenters. The van der Waals surface area contributed by atoms with Crippen molar-refractivity contribution in [2.45, 2.75) is 26.7 Å². The summed E-state index contributed by atoms with van der Waals surface area (Å²) < 4.78 is 11.9. The SMILES string of the molecule is CCOC(=O)[C@H](C)[C@H](C)c1cc2cc(Br)ccc2o1. The van der Waals surface area contributed by atoms with Gasteiger partial charge in [-0.3, -0.25) is 4.79 Å². The number of benzene rings is 1. The molecule has 2 rings (SSSR count). The van der Waals surface area contributed by atoms with Gasteiger partial charge in [-0.2, -0.15) is 0 Å². The molecule has 19 heavy (non-hydrogen) atoms. The van der Waals surface area contributed by atoms with E-state index in [0.29, 0.717) is 6.61 Å². The van der Waals surface area contributed by atoms with E-state index in [1.165, 1.54) is 0 Å². The Bertz CT molecular complexity index is 588. The molecule has 0 aliphatic rings. The number of fused-ring (bicyclic) bond motifs is 1. The second kappa shape index (κ2) is 5.78. The standard InChI is InChI=1S/C15H17BrO3/c1-4-18-15(17)10(3)9(2)14-8-11-7-12(16)5-6-13(11)19-14/h5-10H,4H2,1-3H3/t9-,10+/m0/s1. The lowest BCUT2D eigenvalue weighted by molar-refractivity contribution is -0.148. The van der Waals surface area contributed by atoms with Gasteiger partial charge in [0.15, 0.2) is 0 Å². The number of carbonyl (C=O) groups is 1. The third-order valence-corrected chi connectivity index (χ3v) is 3.85. The molecule has 0 aliphatic carbocycles. The zero-order valence-electron chi connectivity index (χ0n) is 11.3. The van der Waals surface area contributed by atoms with Gasteiger partial charge in [0.25, 0.3) is 0 Å².